The molecule has 25 heavy (non-hydrogen) atoms. The summed E-state index contributed by atoms with van der Waals surface area (Å²) in [5.41, 5.74) is 5.03. The molecule has 7 heteroatoms. The van der Waals surface area contributed by atoms with Crippen LogP contribution in [0.25, 0.3) is 11.3 Å². The van der Waals surface area contributed by atoms with Gasteiger partial charge in [-0.15, -0.1) is 0 Å². The Morgan fingerprint density at radius 2 is 1.84 bits per heavy atom. The van der Waals surface area contributed by atoms with Crippen LogP contribution in [0.5, 0.6) is 5.75 Å². The van der Waals surface area contributed by atoms with Crippen LogP contribution in [-0.2, 0) is 11.2 Å². The standard InChI is InChI=1S/C18H15BrN2O3S/c1-24-15-8-2-12(3-9-15)10-17(22)20-21-16(11-25-18(21)23)13-4-6-14(19)7-5-13/h2-9,11H,10H2,1H3,(H,20,22). The molecule has 0 saturated heterocycles. The number of halogens is 1. The first-order valence-corrected chi connectivity index (χ1v) is 9.13. The Hall–Kier alpha value is -2.38. The number of nitrogens with zero attached hydrogens (tertiary/aromatic N) is 1. The number of nitrogens with one attached hydrogen (secondary N) is 1. The van der Waals surface area contributed by atoms with Gasteiger partial charge in [-0.25, -0.2) is 4.68 Å². The third-order valence-corrected chi connectivity index (χ3v) is 4.85. The number of amides is 1. The lowest BCUT2D eigenvalue weighted by molar-refractivity contribution is -0.116. The van der Waals surface area contributed by atoms with Crippen LogP contribution in [0.1, 0.15) is 5.56 Å². The second-order valence-corrected chi connectivity index (χ2v) is 7.03. The van der Waals surface area contributed by atoms with Crippen molar-refractivity contribution in [3.63, 3.8) is 0 Å². The third-order valence-electron chi connectivity index (χ3n) is 3.60. The molecule has 1 aromatic heterocycles. The Bertz CT molecular complexity index is 930. The van der Waals surface area contributed by atoms with Gasteiger partial charge in [-0.3, -0.25) is 15.0 Å². The minimum absolute atomic E-state index is 0.173. The molecule has 3 rings (SSSR count). The van der Waals surface area contributed by atoms with Crippen LogP contribution in [-0.4, -0.2) is 17.7 Å². The average molecular weight is 419 g/mol. The van der Waals surface area contributed by atoms with Crippen molar-refractivity contribution in [1.29, 1.82) is 0 Å². The summed E-state index contributed by atoms with van der Waals surface area (Å²) in [7, 11) is 1.59. The van der Waals surface area contributed by atoms with Crippen molar-refractivity contribution in [1.82, 2.24) is 4.68 Å². The second kappa shape index (κ2) is 7.67. The molecule has 0 saturated carbocycles. The van der Waals surface area contributed by atoms with Gasteiger partial charge >= 0.3 is 4.87 Å². The Kier molecular flexibility index (Phi) is 5.35. The Balaban J connectivity index is 1.78. The van der Waals surface area contributed by atoms with E-state index < -0.39 is 0 Å². The maximum Gasteiger partial charge on any atom is 0.326 e. The lowest BCUT2D eigenvalue weighted by Gasteiger charge is -2.10. The zero-order valence-corrected chi connectivity index (χ0v) is 15.8. The van der Waals surface area contributed by atoms with E-state index in [-0.39, 0.29) is 17.2 Å². The van der Waals surface area contributed by atoms with E-state index in [2.05, 4.69) is 21.4 Å². The van der Waals surface area contributed by atoms with Crippen LogP contribution in [0.2, 0.25) is 0 Å². The van der Waals surface area contributed by atoms with Crippen molar-refractivity contribution >= 4 is 33.2 Å². The number of ether oxygens (including phenoxy) is 1. The van der Waals surface area contributed by atoms with Gasteiger partial charge in [0.05, 0.1) is 19.2 Å². The molecule has 0 radical (unpaired) electrons. The Labute approximate surface area is 157 Å². The molecule has 0 fully saturated rings. The van der Waals surface area contributed by atoms with E-state index in [1.54, 1.807) is 24.6 Å². The number of hydrogen-bond acceptors (Lipinski definition) is 4. The fraction of sp³-hybridized carbons (Fsp3) is 0.111. The van der Waals surface area contributed by atoms with Gasteiger partial charge in [-0.05, 0) is 29.8 Å². The summed E-state index contributed by atoms with van der Waals surface area (Å²) in [5.74, 6) is 0.472. The fourth-order valence-electron chi connectivity index (χ4n) is 2.33. The molecular formula is C18H15BrN2O3S. The summed E-state index contributed by atoms with van der Waals surface area (Å²) >= 11 is 4.43. The highest BCUT2D eigenvalue weighted by molar-refractivity contribution is 9.10. The molecule has 0 spiro atoms. The number of benzene rings is 2. The van der Waals surface area contributed by atoms with Crippen LogP contribution in [0.15, 0.2) is 63.2 Å². The molecule has 0 aliphatic rings. The monoisotopic (exact) mass is 418 g/mol. The molecule has 0 bridgehead atoms. The molecular weight excluding hydrogens is 404 g/mol. The van der Waals surface area contributed by atoms with E-state index in [0.717, 1.165) is 32.7 Å². The summed E-state index contributed by atoms with van der Waals surface area (Å²) in [5, 5.41) is 1.74. The van der Waals surface area contributed by atoms with Gasteiger partial charge < -0.3 is 4.74 Å². The smallest absolute Gasteiger partial charge is 0.326 e. The van der Waals surface area contributed by atoms with Gasteiger partial charge in [0.25, 0.3) is 0 Å². The molecule has 0 atom stereocenters. The van der Waals surface area contributed by atoms with Gasteiger partial charge in [0.1, 0.15) is 5.75 Å². The Morgan fingerprint density at radius 1 is 1.16 bits per heavy atom. The third kappa shape index (κ3) is 4.18. The number of hydrogen-bond donors (Lipinski definition) is 1. The molecule has 0 aliphatic heterocycles. The zero-order valence-electron chi connectivity index (χ0n) is 13.4. The molecule has 1 heterocycles. The molecule has 3 aromatic rings. The molecule has 0 aliphatic carbocycles. The van der Waals surface area contributed by atoms with E-state index in [1.165, 1.54) is 4.68 Å². The summed E-state index contributed by atoms with van der Waals surface area (Å²) < 4.78 is 7.34. The summed E-state index contributed by atoms with van der Waals surface area (Å²) in [6.45, 7) is 0. The number of rotatable bonds is 5. The quantitative estimate of drug-likeness (QED) is 0.687. The number of carbonyl (C=O) groups is 1. The van der Waals surface area contributed by atoms with Gasteiger partial charge in [0.2, 0.25) is 5.91 Å². The molecule has 128 valence electrons. The molecule has 1 amide bonds. The van der Waals surface area contributed by atoms with Crippen molar-refractivity contribution in [3.8, 4) is 17.0 Å². The van der Waals surface area contributed by atoms with Gasteiger partial charge in [0.15, 0.2) is 0 Å². The summed E-state index contributed by atoms with van der Waals surface area (Å²) in [4.78, 5) is 24.2. The molecule has 1 N–H and O–H groups in total. The van der Waals surface area contributed by atoms with Gasteiger partial charge in [-0.2, -0.15) is 0 Å². The van der Waals surface area contributed by atoms with E-state index in [0.29, 0.717) is 5.69 Å². The highest BCUT2D eigenvalue weighted by atomic mass is 79.9. The van der Waals surface area contributed by atoms with Crippen molar-refractivity contribution in [2.24, 2.45) is 0 Å². The van der Waals surface area contributed by atoms with Crippen LogP contribution >= 0.6 is 27.3 Å². The predicted octanol–water partition coefficient (Wildman–Crippen LogP) is 3.66. The van der Waals surface area contributed by atoms with E-state index in [1.807, 2.05) is 36.4 Å². The van der Waals surface area contributed by atoms with E-state index >= 15 is 0 Å². The second-order valence-electron chi connectivity index (χ2n) is 5.29. The first-order chi connectivity index (χ1) is 12.1. The predicted molar refractivity (Wildman–Crippen MR) is 103 cm³/mol. The first-order valence-electron chi connectivity index (χ1n) is 7.46. The minimum Gasteiger partial charge on any atom is -0.497 e. The number of thiazole rings is 1. The molecule has 5 nitrogen and oxygen atoms in total. The van der Waals surface area contributed by atoms with Crippen LogP contribution in [0.3, 0.4) is 0 Å². The maximum atomic E-state index is 12.3. The first kappa shape index (κ1) is 17.4. The lowest BCUT2D eigenvalue weighted by Crippen LogP contribution is -2.31. The van der Waals surface area contributed by atoms with E-state index in [4.69, 9.17) is 4.74 Å². The molecule has 2 aromatic carbocycles. The zero-order chi connectivity index (χ0) is 17.8. The average Bonchev–Trinajstić information content (AvgIpc) is 2.97. The van der Waals surface area contributed by atoms with Crippen molar-refractivity contribution < 1.29 is 9.53 Å². The number of carbonyl (C=O) groups excluding carboxylic acids is 1. The number of aromatic nitrogens is 1. The van der Waals surface area contributed by atoms with Gasteiger partial charge in [0, 0.05) is 15.4 Å². The van der Waals surface area contributed by atoms with E-state index in [9.17, 15) is 9.59 Å². The van der Waals surface area contributed by atoms with Crippen LogP contribution in [0.4, 0.5) is 0 Å². The Morgan fingerprint density at radius 3 is 2.48 bits per heavy atom. The van der Waals surface area contributed by atoms with Crippen molar-refractivity contribution in [3.05, 3.63) is 73.6 Å². The normalized spacial score (nSPS) is 10.5. The lowest BCUT2D eigenvalue weighted by atomic mass is 10.1. The highest BCUT2D eigenvalue weighted by Gasteiger charge is 2.12. The number of methoxy groups -OCH3 is 1. The van der Waals surface area contributed by atoms with Crippen molar-refractivity contribution in [2.75, 3.05) is 12.5 Å². The highest BCUT2D eigenvalue weighted by Crippen LogP contribution is 2.21. The maximum absolute atomic E-state index is 12.3. The summed E-state index contributed by atoms with van der Waals surface area (Å²) in [6.07, 6.45) is 0.173. The van der Waals surface area contributed by atoms with Crippen LogP contribution in [0, 0.1) is 0 Å². The summed E-state index contributed by atoms with van der Waals surface area (Å²) in [6, 6.07) is 14.8. The fourth-order valence-corrected chi connectivity index (χ4v) is 3.29. The topological polar surface area (TPSA) is 60.3 Å². The largest absolute Gasteiger partial charge is 0.497 e. The molecule has 0 unspecified atom stereocenters. The SMILES string of the molecule is COc1ccc(CC(=O)Nn2c(-c3ccc(Br)cc3)csc2=O)cc1. The minimum atomic E-state index is -0.260. The van der Waals surface area contributed by atoms with Crippen molar-refractivity contribution in [2.45, 2.75) is 6.42 Å². The van der Waals surface area contributed by atoms with Gasteiger partial charge in [-0.1, -0.05) is 51.5 Å². The van der Waals surface area contributed by atoms with Crippen LogP contribution < -0.4 is 15.0 Å².